The van der Waals surface area contributed by atoms with Gasteiger partial charge < -0.3 is 9.80 Å². The number of rotatable bonds is 4. The molecule has 1 aliphatic heterocycles. The Hall–Kier alpha value is -2.69. The van der Waals surface area contributed by atoms with Crippen LogP contribution in [0.1, 0.15) is 18.2 Å². The molecule has 3 rings (SSSR count). The number of hydrogen-bond acceptors (Lipinski definition) is 3. The van der Waals surface area contributed by atoms with Crippen LogP contribution in [0, 0.1) is 0 Å². The minimum atomic E-state index is -0.470. The number of benzene rings is 1. The van der Waals surface area contributed by atoms with E-state index in [2.05, 4.69) is 4.98 Å². The van der Waals surface area contributed by atoms with Crippen LogP contribution in [0.3, 0.4) is 0 Å². The van der Waals surface area contributed by atoms with Gasteiger partial charge in [0.25, 0.3) is 0 Å². The highest BCUT2D eigenvalue weighted by Crippen LogP contribution is 2.17. The molecule has 1 aromatic carbocycles. The van der Waals surface area contributed by atoms with Crippen LogP contribution >= 0.6 is 0 Å². The highest BCUT2D eigenvalue weighted by atomic mass is 16.2. The van der Waals surface area contributed by atoms with Gasteiger partial charge in [0.05, 0.1) is 12.2 Å². The third-order valence-electron chi connectivity index (χ3n) is 4.06. The molecule has 5 heteroatoms. The lowest BCUT2D eigenvalue weighted by Crippen LogP contribution is -2.58. The summed E-state index contributed by atoms with van der Waals surface area (Å²) < 4.78 is 0. The first-order valence-corrected chi connectivity index (χ1v) is 7.67. The fourth-order valence-corrected chi connectivity index (χ4v) is 2.77. The molecule has 0 radical (unpaired) electrons. The van der Waals surface area contributed by atoms with Crippen LogP contribution in [-0.2, 0) is 22.7 Å². The summed E-state index contributed by atoms with van der Waals surface area (Å²) in [6.07, 6.45) is 1.69. The van der Waals surface area contributed by atoms with E-state index in [0.29, 0.717) is 13.1 Å². The van der Waals surface area contributed by atoms with E-state index in [1.54, 1.807) is 22.9 Å². The number of nitrogens with zero attached hydrogens (tertiary/aromatic N) is 3. The van der Waals surface area contributed by atoms with Crippen LogP contribution in [-0.4, -0.2) is 39.2 Å². The summed E-state index contributed by atoms with van der Waals surface area (Å²) in [5.74, 6) is -0.0666. The van der Waals surface area contributed by atoms with E-state index in [-0.39, 0.29) is 18.4 Å². The van der Waals surface area contributed by atoms with Crippen molar-refractivity contribution in [2.24, 2.45) is 0 Å². The smallest absolute Gasteiger partial charge is 0.245 e. The number of aromatic nitrogens is 1. The van der Waals surface area contributed by atoms with Crippen LogP contribution in [0.4, 0.5) is 0 Å². The molecule has 0 aliphatic carbocycles. The van der Waals surface area contributed by atoms with Crippen molar-refractivity contribution in [3.63, 3.8) is 0 Å². The lowest BCUT2D eigenvalue weighted by molar-refractivity contribution is -0.156. The lowest BCUT2D eigenvalue weighted by atomic mass is 10.1. The van der Waals surface area contributed by atoms with E-state index in [1.165, 1.54) is 0 Å². The van der Waals surface area contributed by atoms with Crippen molar-refractivity contribution >= 4 is 11.8 Å². The van der Waals surface area contributed by atoms with Gasteiger partial charge in [-0.3, -0.25) is 14.6 Å². The third kappa shape index (κ3) is 3.39. The van der Waals surface area contributed by atoms with E-state index in [1.807, 2.05) is 48.5 Å². The van der Waals surface area contributed by atoms with E-state index in [4.69, 9.17) is 0 Å². The quantitative estimate of drug-likeness (QED) is 0.866. The topological polar surface area (TPSA) is 53.5 Å². The summed E-state index contributed by atoms with van der Waals surface area (Å²) in [6.45, 7) is 2.73. The summed E-state index contributed by atoms with van der Waals surface area (Å²) in [5.41, 5.74) is 1.82. The molecule has 0 N–H and O–H groups in total. The molecule has 2 heterocycles. The first kappa shape index (κ1) is 15.2. The maximum Gasteiger partial charge on any atom is 0.245 e. The molecule has 23 heavy (non-hydrogen) atoms. The number of amides is 2. The minimum Gasteiger partial charge on any atom is -0.327 e. The average Bonchev–Trinajstić information content (AvgIpc) is 2.58. The van der Waals surface area contributed by atoms with Crippen LogP contribution in [0.2, 0.25) is 0 Å². The standard InChI is InChI=1S/C18H19N3O2/c1-14-18(23)20(11-15-7-3-2-4-8-15)13-17(22)21(14)12-16-9-5-6-10-19-16/h2-10,14H,11-13H2,1H3/t14-/m0/s1. The van der Waals surface area contributed by atoms with Gasteiger partial charge in [-0.05, 0) is 24.6 Å². The van der Waals surface area contributed by atoms with Crippen LogP contribution in [0.25, 0.3) is 0 Å². The molecule has 5 nitrogen and oxygen atoms in total. The second kappa shape index (κ2) is 6.60. The van der Waals surface area contributed by atoms with Gasteiger partial charge in [-0.25, -0.2) is 0 Å². The van der Waals surface area contributed by atoms with Crippen LogP contribution in [0.15, 0.2) is 54.7 Å². The lowest BCUT2D eigenvalue weighted by Gasteiger charge is -2.38. The Morgan fingerprint density at radius 2 is 1.78 bits per heavy atom. The molecular weight excluding hydrogens is 290 g/mol. The van der Waals surface area contributed by atoms with Gasteiger partial charge in [-0.15, -0.1) is 0 Å². The predicted octanol–water partition coefficient (Wildman–Crippen LogP) is 1.84. The Morgan fingerprint density at radius 1 is 1.04 bits per heavy atom. The second-order valence-electron chi connectivity index (χ2n) is 5.70. The van der Waals surface area contributed by atoms with Crippen molar-refractivity contribution in [2.45, 2.75) is 26.1 Å². The summed E-state index contributed by atoms with van der Waals surface area (Å²) in [5, 5.41) is 0. The maximum atomic E-state index is 12.6. The van der Waals surface area contributed by atoms with Gasteiger partial charge in [0.2, 0.25) is 11.8 Å². The van der Waals surface area contributed by atoms with E-state index >= 15 is 0 Å². The first-order valence-electron chi connectivity index (χ1n) is 7.67. The molecular formula is C18H19N3O2. The monoisotopic (exact) mass is 309 g/mol. The Morgan fingerprint density at radius 3 is 2.48 bits per heavy atom. The van der Waals surface area contributed by atoms with Crippen LogP contribution < -0.4 is 0 Å². The van der Waals surface area contributed by atoms with Gasteiger partial charge in [-0.1, -0.05) is 36.4 Å². The van der Waals surface area contributed by atoms with Crippen molar-refractivity contribution in [1.29, 1.82) is 0 Å². The van der Waals surface area contributed by atoms with Crippen molar-refractivity contribution in [1.82, 2.24) is 14.8 Å². The highest BCUT2D eigenvalue weighted by molar-refractivity contribution is 5.94. The average molecular weight is 309 g/mol. The minimum absolute atomic E-state index is 0.0237. The van der Waals surface area contributed by atoms with Gasteiger partial charge in [0, 0.05) is 12.7 Å². The number of hydrogen-bond donors (Lipinski definition) is 0. The highest BCUT2D eigenvalue weighted by Gasteiger charge is 2.36. The van der Waals surface area contributed by atoms with E-state index < -0.39 is 6.04 Å². The third-order valence-corrected chi connectivity index (χ3v) is 4.06. The Labute approximate surface area is 135 Å². The van der Waals surface area contributed by atoms with Gasteiger partial charge in [0.15, 0.2) is 0 Å². The molecule has 2 aromatic rings. The van der Waals surface area contributed by atoms with Crippen molar-refractivity contribution in [2.75, 3.05) is 6.54 Å². The number of piperazine rings is 1. The van der Waals surface area contributed by atoms with Crippen LogP contribution in [0.5, 0.6) is 0 Å². The first-order chi connectivity index (χ1) is 11.1. The molecule has 1 aliphatic rings. The molecule has 0 spiro atoms. The SMILES string of the molecule is C[C@H]1C(=O)N(Cc2ccccc2)CC(=O)N1Cc1ccccn1. The molecule has 0 unspecified atom stereocenters. The molecule has 1 atom stereocenters. The molecule has 0 saturated carbocycles. The van der Waals surface area contributed by atoms with Gasteiger partial charge >= 0.3 is 0 Å². The fourth-order valence-electron chi connectivity index (χ4n) is 2.77. The fraction of sp³-hybridized carbons (Fsp3) is 0.278. The van der Waals surface area contributed by atoms with Gasteiger partial charge in [0.1, 0.15) is 12.6 Å². The number of pyridine rings is 1. The summed E-state index contributed by atoms with van der Waals surface area (Å²) in [4.78, 5) is 32.5. The van der Waals surface area contributed by atoms with E-state index in [9.17, 15) is 9.59 Å². The van der Waals surface area contributed by atoms with E-state index in [0.717, 1.165) is 11.3 Å². The molecule has 1 saturated heterocycles. The molecule has 0 bridgehead atoms. The number of carbonyl (C=O) groups is 2. The largest absolute Gasteiger partial charge is 0.327 e. The predicted molar refractivity (Wildman–Crippen MR) is 86.1 cm³/mol. The summed E-state index contributed by atoms with van der Waals surface area (Å²) >= 11 is 0. The molecule has 2 amide bonds. The molecule has 118 valence electrons. The second-order valence-corrected chi connectivity index (χ2v) is 5.70. The van der Waals surface area contributed by atoms with Gasteiger partial charge in [-0.2, -0.15) is 0 Å². The number of carbonyl (C=O) groups excluding carboxylic acids is 2. The normalized spacial score (nSPS) is 18.4. The summed E-state index contributed by atoms with van der Waals surface area (Å²) in [7, 11) is 0. The van der Waals surface area contributed by atoms with Crippen molar-refractivity contribution in [3.8, 4) is 0 Å². The summed E-state index contributed by atoms with van der Waals surface area (Å²) in [6, 6.07) is 14.8. The zero-order valence-electron chi connectivity index (χ0n) is 13.1. The maximum absolute atomic E-state index is 12.6. The Bertz CT molecular complexity index is 688. The Balaban J connectivity index is 1.71. The Kier molecular flexibility index (Phi) is 4.37. The zero-order chi connectivity index (χ0) is 16.2. The van der Waals surface area contributed by atoms with Crippen molar-refractivity contribution < 1.29 is 9.59 Å². The molecule has 1 fully saturated rings. The zero-order valence-corrected chi connectivity index (χ0v) is 13.1. The molecule has 1 aromatic heterocycles. The van der Waals surface area contributed by atoms with Crippen molar-refractivity contribution in [3.05, 3.63) is 66.0 Å².